The molecular formula is C11H13N3O2. The highest BCUT2D eigenvalue weighted by Crippen LogP contribution is 2.08. The molecule has 0 fully saturated rings. The molecule has 0 saturated heterocycles. The van der Waals surface area contributed by atoms with E-state index in [4.69, 9.17) is 5.11 Å². The molecule has 0 aliphatic rings. The molecule has 0 unspecified atom stereocenters. The molecule has 84 valence electrons. The summed E-state index contributed by atoms with van der Waals surface area (Å²) < 4.78 is 3.59. The molecule has 5 nitrogen and oxygen atoms in total. The second-order valence-corrected chi connectivity index (χ2v) is 3.45. The van der Waals surface area contributed by atoms with Gasteiger partial charge in [0.15, 0.2) is 6.29 Å². The van der Waals surface area contributed by atoms with E-state index < -0.39 is 0 Å². The van der Waals surface area contributed by atoms with Crippen molar-refractivity contribution < 1.29 is 9.90 Å². The molecule has 1 N–H and O–H groups in total. The number of carbonyl (C=O) groups excluding carboxylic acids is 1. The van der Waals surface area contributed by atoms with Gasteiger partial charge in [0.05, 0.1) is 18.8 Å². The van der Waals surface area contributed by atoms with Crippen molar-refractivity contribution in [3.8, 4) is 0 Å². The van der Waals surface area contributed by atoms with Gasteiger partial charge < -0.3 is 9.67 Å². The average Bonchev–Trinajstić information content (AvgIpc) is 2.94. The van der Waals surface area contributed by atoms with Gasteiger partial charge in [-0.15, -0.1) is 0 Å². The molecule has 2 aromatic heterocycles. The summed E-state index contributed by atoms with van der Waals surface area (Å²) in [5.74, 6) is 0. The van der Waals surface area contributed by atoms with Crippen LogP contribution in [0.4, 0.5) is 0 Å². The lowest BCUT2D eigenvalue weighted by molar-refractivity contribution is 0.111. The Labute approximate surface area is 92.9 Å². The molecule has 2 aromatic rings. The summed E-state index contributed by atoms with van der Waals surface area (Å²) in [6.07, 6.45) is 4.37. The Morgan fingerprint density at radius 1 is 1.38 bits per heavy atom. The highest BCUT2D eigenvalue weighted by atomic mass is 16.3. The highest BCUT2D eigenvalue weighted by molar-refractivity contribution is 5.72. The number of aldehydes is 1. The SMILES string of the molecule is O=Cc1ccc(CO)n1CCn1cccn1. The first-order chi connectivity index (χ1) is 7.85. The number of hydrogen-bond donors (Lipinski definition) is 1. The average molecular weight is 219 g/mol. The first kappa shape index (κ1) is 10.6. The molecule has 2 rings (SSSR count). The molecule has 16 heavy (non-hydrogen) atoms. The molecule has 0 aliphatic carbocycles. The minimum atomic E-state index is -0.0626. The zero-order valence-electron chi connectivity index (χ0n) is 8.78. The van der Waals surface area contributed by atoms with E-state index in [1.54, 1.807) is 27.6 Å². The largest absolute Gasteiger partial charge is 0.390 e. The van der Waals surface area contributed by atoms with Crippen LogP contribution in [-0.4, -0.2) is 25.7 Å². The van der Waals surface area contributed by atoms with E-state index in [1.165, 1.54) is 0 Å². The van der Waals surface area contributed by atoms with E-state index in [-0.39, 0.29) is 6.61 Å². The van der Waals surface area contributed by atoms with Crippen molar-refractivity contribution in [2.24, 2.45) is 0 Å². The molecule has 0 saturated carbocycles. The molecule has 0 aromatic carbocycles. The first-order valence-corrected chi connectivity index (χ1v) is 5.07. The van der Waals surface area contributed by atoms with Gasteiger partial charge in [-0.3, -0.25) is 9.48 Å². The predicted octanol–water partition coefficient (Wildman–Crippen LogP) is 0.690. The van der Waals surface area contributed by atoms with Crippen LogP contribution in [0.2, 0.25) is 0 Å². The van der Waals surface area contributed by atoms with E-state index in [0.717, 1.165) is 12.0 Å². The fraction of sp³-hybridized carbons (Fsp3) is 0.273. The minimum Gasteiger partial charge on any atom is -0.390 e. The molecule has 0 bridgehead atoms. The van der Waals surface area contributed by atoms with Crippen molar-refractivity contribution in [2.45, 2.75) is 19.7 Å². The fourth-order valence-corrected chi connectivity index (χ4v) is 1.68. The Morgan fingerprint density at radius 3 is 2.88 bits per heavy atom. The van der Waals surface area contributed by atoms with Crippen molar-refractivity contribution in [3.05, 3.63) is 42.0 Å². The van der Waals surface area contributed by atoms with E-state index in [1.807, 2.05) is 12.3 Å². The van der Waals surface area contributed by atoms with Gasteiger partial charge in [-0.05, 0) is 18.2 Å². The lowest BCUT2D eigenvalue weighted by Gasteiger charge is -2.09. The Hall–Kier alpha value is -1.88. The number of aromatic nitrogens is 3. The molecule has 0 amide bonds. The Bertz CT molecular complexity index is 460. The van der Waals surface area contributed by atoms with Crippen LogP contribution >= 0.6 is 0 Å². The number of aliphatic hydroxyl groups is 1. The second kappa shape index (κ2) is 4.76. The lowest BCUT2D eigenvalue weighted by Crippen LogP contribution is -2.12. The van der Waals surface area contributed by atoms with E-state index >= 15 is 0 Å². The van der Waals surface area contributed by atoms with Gasteiger partial charge in [0.2, 0.25) is 0 Å². The van der Waals surface area contributed by atoms with Crippen molar-refractivity contribution >= 4 is 6.29 Å². The van der Waals surface area contributed by atoms with Crippen molar-refractivity contribution in [1.82, 2.24) is 14.3 Å². The van der Waals surface area contributed by atoms with Gasteiger partial charge >= 0.3 is 0 Å². The third-order valence-corrected chi connectivity index (χ3v) is 2.50. The van der Waals surface area contributed by atoms with Crippen LogP contribution in [0, 0.1) is 0 Å². The Balaban J connectivity index is 2.13. The van der Waals surface area contributed by atoms with Gasteiger partial charge in [0.1, 0.15) is 0 Å². The predicted molar refractivity (Wildman–Crippen MR) is 58.0 cm³/mol. The van der Waals surface area contributed by atoms with Crippen LogP contribution in [0.1, 0.15) is 16.2 Å². The summed E-state index contributed by atoms with van der Waals surface area (Å²) in [5, 5.41) is 13.2. The van der Waals surface area contributed by atoms with Crippen molar-refractivity contribution in [2.75, 3.05) is 0 Å². The minimum absolute atomic E-state index is 0.0626. The monoisotopic (exact) mass is 219 g/mol. The molecule has 0 atom stereocenters. The van der Waals surface area contributed by atoms with Crippen molar-refractivity contribution in [3.63, 3.8) is 0 Å². The summed E-state index contributed by atoms with van der Waals surface area (Å²) in [6.45, 7) is 1.24. The first-order valence-electron chi connectivity index (χ1n) is 5.07. The lowest BCUT2D eigenvalue weighted by atomic mass is 10.4. The van der Waals surface area contributed by atoms with Crippen LogP contribution in [0.5, 0.6) is 0 Å². The van der Waals surface area contributed by atoms with Crippen LogP contribution in [0.15, 0.2) is 30.6 Å². The van der Waals surface area contributed by atoms with E-state index in [2.05, 4.69) is 5.10 Å². The number of aryl methyl sites for hydroxylation is 1. The quantitative estimate of drug-likeness (QED) is 0.753. The molecular weight excluding hydrogens is 206 g/mol. The number of rotatable bonds is 5. The third kappa shape index (κ3) is 2.04. The van der Waals surface area contributed by atoms with Gasteiger partial charge in [-0.25, -0.2) is 0 Å². The molecule has 0 spiro atoms. The highest BCUT2D eigenvalue weighted by Gasteiger charge is 2.06. The zero-order valence-corrected chi connectivity index (χ0v) is 8.78. The van der Waals surface area contributed by atoms with E-state index in [0.29, 0.717) is 18.8 Å². The molecule has 0 radical (unpaired) electrons. The smallest absolute Gasteiger partial charge is 0.166 e. The summed E-state index contributed by atoms with van der Waals surface area (Å²) >= 11 is 0. The number of carbonyl (C=O) groups is 1. The van der Waals surface area contributed by atoms with Gasteiger partial charge in [-0.2, -0.15) is 5.10 Å². The van der Waals surface area contributed by atoms with E-state index in [9.17, 15) is 4.79 Å². The standard InChI is InChI=1S/C11H13N3O2/c15-8-10-2-3-11(9-16)14(10)7-6-13-5-1-4-12-13/h1-5,8,16H,6-7,9H2. The Kier molecular flexibility index (Phi) is 3.16. The summed E-state index contributed by atoms with van der Waals surface area (Å²) in [6, 6.07) is 5.32. The number of nitrogens with zero attached hydrogens (tertiary/aromatic N) is 3. The van der Waals surface area contributed by atoms with Gasteiger partial charge in [0, 0.05) is 24.6 Å². The second-order valence-electron chi connectivity index (χ2n) is 3.45. The van der Waals surface area contributed by atoms with Crippen molar-refractivity contribution in [1.29, 1.82) is 0 Å². The summed E-state index contributed by atoms with van der Waals surface area (Å²) in [4.78, 5) is 10.8. The van der Waals surface area contributed by atoms with Crippen LogP contribution in [0.25, 0.3) is 0 Å². The maximum Gasteiger partial charge on any atom is 0.166 e. The van der Waals surface area contributed by atoms with Gasteiger partial charge in [-0.1, -0.05) is 0 Å². The molecule has 0 aliphatic heterocycles. The molecule has 2 heterocycles. The topological polar surface area (TPSA) is 60.0 Å². The zero-order chi connectivity index (χ0) is 11.4. The number of aliphatic hydroxyl groups excluding tert-OH is 1. The third-order valence-electron chi connectivity index (χ3n) is 2.50. The van der Waals surface area contributed by atoms with Crippen LogP contribution < -0.4 is 0 Å². The van der Waals surface area contributed by atoms with Crippen LogP contribution in [0.3, 0.4) is 0 Å². The normalized spacial score (nSPS) is 10.6. The number of hydrogen-bond acceptors (Lipinski definition) is 3. The van der Waals surface area contributed by atoms with Crippen LogP contribution in [-0.2, 0) is 19.7 Å². The maximum absolute atomic E-state index is 10.8. The summed E-state index contributed by atoms with van der Waals surface area (Å²) in [5.41, 5.74) is 1.32. The maximum atomic E-state index is 10.8. The fourth-order valence-electron chi connectivity index (χ4n) is 1.68. The Morgan fingerprint density at radius 2 is 2.25 bits per heavy atom. The molecule has 5 heteroatoms. The van der Waals surface area contributed by atoms with Gasteiger partial charge in [0.25, 0.3) is 0 Å². The summed E-state index contributed by atoms with van der Waals surface area (Å²) in [7, 11) is 0.